The van der Waals surface area contributed by atoms with Gasteiger partial charge in [0.25, 0.3) is 0 Å². The molecule has 8 nitrogen and oxygen atoms in total. The first-order valence-corrected chi connectivity index (χ1v) is 14.7. The fourth-order valence-electron chi connectivity index (χ4n) is 6.71. The van der Waals surface area contributed by atoms with Crippen LogP contribution in [0.3, 0.4) is 0 Å². The van der Waals surface area contributed by atoms with E-state index in [1.54, 1.807) is 0 Å². The first kappa shape index (κ1) is 27.1. The Kier molecular flexibility index (Phi) is 7.55. The molecular weight excluding hydrogens is 512 g/mol. The second kappa shape index (κ2) is 11.4. The number of likely N-dealkylation sites (tertiary alicyclic amines) is 1. The Labute approximate surface area is 242 Å². The van der Waals surface area contributed by atoms with Crippen LogP contribution in [0.4, 0.5) is 11.4 Å². The number of aromatic nitrogens is 1. The van der Waals surface area contributed by atoms with Crippen molar-refractivity contribution in [3.63, 3.8) is 0 Å². The molecule has 1 unspecified atom stereocenters. The molecule has 0 bridgehead atoms. The van der Waals surface area contributed by atoms with Crippen LogP contribution >= 0.6 is 0 Å². The third-order valence-corrected chi connectivity index (χ3v) is 9.00. The minimum absolute atomic E-state index is 0.0485. The molecule has 8 heteroatoms. The summed E-state index contributed by atoms with van der Waals surface area (Å²) in [7, 11) is 2.13. The van der Waals surface area contributed by atoms with Crippen LogP contribution in [0.15, 0.2) is 49.1 Å². The molecule has 2 fully saturated rings. The second-order valence-electron chi connectivity index (χ2n) is 11.4. The second-order valence-corrected chi connectivity index (χ2v) is 11.4. The Morgan fingerprint density at radius 3 is 2.61 bits per heavy atom. The zero-order valence-electron chi connectivity index (χ0n) is 24.1. The number of piperazine rings is 1. The first-order chi connectivity index (χ1) is 20.0. The minimum Gasteiger partial charge on any atom is -0.475 e. The average molecular weight is 551 g/mol. The standard InChI is InChI=1S/C33H38N6O2/c1-4-30(40)37-16-18-38(19-17-37)32-26-13-15-39(29-12-6-10-24-9-5-8-23(2)31(24)29)21-28(26)35-33(27(32)20-34)41-22-25-11-7-14-36(25)3/h4-6,8-10,12,25H,1,7,11,13-19,21-22H2,2-3H3. The molecule has 2 aromatic carbocycles. The summed E-state index contributed by atoms with van der Waals surface area (Å²) in [4.78, 5) is 26.1. The predicted molar refractivity (Wildman–Crippen MR) is 163 cm³/mol. The van der Waals surface area contributed by atoms with E-state index in [0.717, 1.165) is 49.3 Å². The van der Waals surface area contributed by atoms with Crippen LogP contribution in [0, 0.1) is 18.3 Å². The lowest BCUT2D eigenvalue weighted by Gasteiger charge is -2.39. The molecule has 4 heterocycles. The summed E-state index contributed by atoms with van der Waals surface area (Å²) in [5.74, 6) is 0.384. The molecule has 1 aromatic heterocycles. The van der Waals surface area contributed by atoms with Crippen molar-refractivity contribution >= 4 is 28.1 Å². The van der Waals surface area contributed by atoms with Crippen LogP contribution in [-0.2, 0) is 17.8 Å². The quantitative estimate of drug-likeness (QED) is 0.424. The molecule has 3 aliphatic heterocycles. The van der Waals surface area contributed by atoms with E-state index in [4.69, 9.17) is 9.72 Å². The fourth-order valence-corrected chi connectivity index (χ4v) is 6.71. The lowest BCUT2D eigenvalue weighted by molar-refractivity contribution is -0.126. The fraction of sp³-hybridized carbons (Fsp3) is 0.424. The molecule has 212 valence electrons. The van der Waals surface area contributed by atoms with E-state index in [1.807, 2.05) is 4.90 Å². The van der Waals surface area contributed by atoms with Gasteiger partial charge >= 0.3 is 0 Å². The van der Waals surface area contributed by atoms with E-state index >= 15 is 0 Å². The number of nitrogens with zero attached hydrogens (tertiary/aromatic N) is 6. The van der Waals surface area contributed by atoms with Crippen molar-refractivity contribution in [3.8, 4) is 11.9 Å². The van der Waals surface area contributed by atoms with Crippen molar-refractivity contribution in [2.75, 3.05) is 62.7 Å². The Morgan fingerprint density at radius 1 is 1.12 bits per heavy atom. The molecule has 2 saturated heterocycles. The summed E-state index contributed by atoms with van der Waals surface area (Å²) in [6.07, 6.45) is 4.40. The van der Waals surface area contributed by atoms with Crippen LogP contribution in [0.2, 0.25) is 0 Å². The minimum atomic E-state index is -0.0485. The highest BCUT2D eigenvalue weighted by Crippen LogP contribution is 2.39. The number of pyridine rings is 1. The number of likely N-dealkylation sites (N-methyl/N-ethyl adjacent to an activating group) is 1. The number of hydrogen-bond acceptors (Lipinski definition) is 7. The van der Waals surface area contributed by atoms with Crippen LogP contribution in [-0.4, -0.2) is 79.7 Å². The van der Waals surface area contributed by atoms with Crippen LogP contribution in [0.25, 0.3) is 10.8 Å². The van der Waals surface area contributed by atoms with Gasteiger partial charge in [-0.05, 0) is 62.9 Å². The van der Waals surface area contributed by atoms with Gasteiger partial charge in [-0.25, -0.2) is 4.98 Å². The van der Waals surface area contributed by atoms with Gasteiger partial charge in [-0.15, -0.1) is 0 Å². The van der Waals surface area contributed by atoms with Gasteiger partial charge < -0.3 is 24.3 Å². The van der Waals surface area contributed by atoms with Gasteiger partial charge in [0.1, 0.15) is 18.2 Å². The van der Waals surface area contributed by atoms with E-state index in [0.29, 0.717) is 56.8 Å². The molecule has 0 radical (unpaired) electrons. The molecule has 3 aliphatic rings. The van der Waals surface area contributed by atoms with Gasteiger partial charge in [-0.1, -0.05) is 36.9 Å². The largest absolute Gasteiger partial charge is 0.475 e. The molecule has 1 atom stereocenters. The number of benzene rings is 2. The van der Waals surface area contributed by atoms with Crippen molar-refractivity contribution in [1.29, 1.82) is 5.26 Å². The number of amides is 1. The Bertz CT molecular complexity index is 1520. The normalized spacial score (nSPS) is 19.2. The number of anilines is 2. The van der Waals surface area contributed by atoms with Gasteiger partial charge in [0.05, 0.1) is 17.9 Å². The summed E-state index contributed by atoms with van der Waals surface area (Å²) >= 11 is 0. The van der Waals surface area contributed by atoms with Crippen molar-refractivity contribution in [3.05, 3.63) is 71.4 Å². The number of nitriles is 1. The molecule has 0 aliphatic carbocycles. The monoisotopic (exact) mass is 550 g/mol. The maximum atomic E-state index is 12.2. The SMILES string of the molecule is C=CC(=O)N1CCN(c2c(C#N)c(OCC3CCCN3C)nc3c2CCN(c2cccc4cccc(C)c24)C3)CC1. The van der Waals surface area contributed by atoms with E-state index in [2.05, 4.69) is 77.7 Å². The number of ether oxygens (including phenoxy) is 1. The molecule has 1 amide bonds. The Balaban J connectivity index is 1.38. The van der Waals surface area contributed by atoms with Gasteiger partial charge in [0, 0.05) is 55.4 Å². The smallest absolute Gasteiger partial charge is 0.246 e. The maximum absolute atomic E-state index is 12.2. The predicted octanol–water partition coefficient (Wildman–Crippen LogP) is 4.29. The van der Waals surface area contributed by atoms with Gasteiger partial charge in [-0.3, -0.25) is 4.79 Å². The molecule has 6 rings (SSSR count). The summed E-state index contributed by atoms with van der Waals surface area (Å²) in [5.41, 5.74) is 6.02. The molecular formula is C33H38N6O2. The van der Waals surface area contributed by atoms with E-state index < -0.39 is 0 Å². The summed E-state index contributed by atoms with van der Waals surface area (Å²) < 4.78 is 6.39. The highest BCUT2D eigenvalue weighted by molar-refractivity contribution is 5.97. The van der Waals surface area contributed by atoms with Crippen LogP contribution in [0.1, 0.15) is 35.2 Å². The number of aryl methyl sites for hydroxylation is 1. The summed E-state index contributed by atoms with van der Waals surface area (Å²) in [6.45, 7) is 11.4. The van der Waals surface area contributed by atoms with Gasteiger partial charge in [-0.2, -0.15) is 5.26 Å². The molecule has 0 N–H and O–H groups in total. The van der Waals surface area contributed by atoms with E-state index in [-0.39, 0.29) is 5.91 Å². The van der Waals surface area contributed by atoms with Crippen LogP contribution < -0.4 is 14.5 Å². The van der Waals surface area contributed by atoms with Crippen molar-refractivity contribution in [2.45, 2.75) is 38.8 Å². The lowest BCUT2D eigenvalue weighted by Crippen LogP contribution is -2.49. The highest BCUT2D eigenvalue weighted by atomic mass is 16.5. The van der Waals surface area contributed by atoms with Crippen LogP contribution in [0.5, 0.6) is 5.88 Å². The average Bonchev–Trinajstić information content (AvgIpc) is 3.42. The van der Waals surface area contributed by atoms with E-state index in [9.17, 15) is 10.1 Å². The molecule has 41 heavy (non-hydrogen) atoms. The summed E-state index contributed by atoms with van der Waals surface area (Å²) in [5, 5.41) is 12.9. The number of rotatable bonds is 6. The van der Waals surface area contributed by atoms with E-state index in [1.165, 1.54) is 28.1 Å². The third kappa shape index (κ3) is 5.11. The first-order valence-electron chi connectivity index (χ1n) is 14.7. The third-order valence-electron chi connectivity index (χ3n) is 9.00. The highest BCUT2D eigenvalue weighted by Gasteiger charge is 2.32. The number of carbonyl (C=O) groups is 1. The van der Waals surface area contributed by atoms with Gasteiger partial charge in [0.15, 0.2) is 0 Å². The Morgan fingerprint density at radius 2 is 1.90 bits per heavy atom. The zero-order valence-corrected chi connectivity index (χ0v) is 24.1. The number of carbonyl (C=O) groups excluding carboxylic acids is 1. The molecule has 3 aromatic rings. The maximum Gasteiger partial charge on any atom is 0.246 e. The Hall–Kier alpha value is -4.09. The molecule has 0 spiro atoms. The zero-order chi connectivity index (χ0) is 28.5. The van der Waals surface area contributed by atoms with Crippen molar-refractivity contribution < 1.29 is 9.53 Å². The van der Waals surface area contributed by atoms with Crippen molar-refractivity contribution in [2.24, 2.45) is 0 Å². The topological polar surface area (TPSA) is 75.9 Å². The van der Waals surface area contributed by atoms with Gasteiger partial charge in [0.2, 0.25) is 11.8 Å². The summed E-state index contributed by atoms with van der Waals surface area (Å²) in [6, 6.07) is 15.7. The lowest BCUT2D eigenvalue weighted by atomic mass is 9.96. The number of fused-ring (bicyclic) bond motifs is 2. The molecule has 0 saturated carbocycles. The van der Waals surface area contributed by atoms with Crippen molar-refractivity contribution in [1.82, 2.24) is 14.8 Å². The number of hydrogen-bond donors (Lipinski definition) is 0.